The van der Waals surface area contributed by atoms with Gasteiger partial charge < -0.3 is 0 Å². The highest BCUT2D eigenvalue weighted by molar-refractivity contribution is 7.15. The fourth-order valence-corrected chi connectivity index (χ4v) is 2.86. The van der Waals surface area contributed by atoms with E-state index in [1.165, 1.54) is 17.4 Å². The molecule has 0 spiro atoms. The molecule has 1 aromatic heterocycles. The van der Waals surface area contributed by atoms with E-state index >= 15 is 0 Å². The summed E-state index contributed by atoms with van der Waals surface area (Å²) >= 11 is 1.28. The highest BCUT2D eigenvalue weighted by atomic mass is 32.1. The van der Waals surface area contributed by atoms with Crippen molar-refractivity contribution in [2.75, 3.05) is 5.32 Å². The van der Waals surface area contributed by atoms with Gasteiger partial charge in [-0.15, -0.1) is 10.2 Å². The van der Waals surface area contributed by atoms with E-state index in [4.69, 9.17) is 0 Å². The van der Waals surface area contributed by atoms with E-state index in [2.05, 4.69) is 22.4 Å². The number of hydrogen-bond donors (Lipinski definition) is 1. The molecule has 0 atom stereocenters. The van der Waals surface area contributed by atoms with Gasteiger partial charge in [-0.1, -0.05) is 44.2 Å². The predicted molar refractivity (Wildman–Crippen MR) is 89.0 cm³/mol. The van der Waals surface area contributed by atoms with Crippen LogP contribution in [0.3, 0.4) is 0 Å². The lowest BCUT2D eigenvalue weighted by Crippen LogP contribution is -2.15. The number of benzene rings is 1. The Bertz CT molecular complexity index is 755. The summed E-state index contributed by atoms with van der Waals surface area (Å²) in [6.45, 7) is 7.74. The van der Waals surface area contributed by atoms with Crippen molar-refractivity contribution >= 4 is 28.1 Å². The van der Waals surface area contributed by atoms with Crippen LogP contribution >= 0.6 is 11.3 Å². The second-order valence-electron chi connectivity index (χ2n) is 5.83. The molecular weight excluding hydrogens is 316 g/mol. The first-order chi connectivity index (χ1) is 10.8. The van der Waals surface area contributed by atoms with Crippen LogP contribution in [0.4, 0.5) is 10.8 Å². The zero-order chi connectivity index (χ0) is 17.2. The van der Waals surface area contributed by atoms with Crippen molar-refractivity contribution < 1.29 is 9.72 Å². The molecule has 2 rings (SSSR count). The van der Waals surface area contributed by atoms with Crippen LogP contribution in [-0.2, 0) is 5.41 Å². The average molecular weight is 334 g/mol. The zero-order valence-corrected chi connectivity index (χ0v) is 14.2. The Hall–Kier alpha value is -2.35. The maximum atomic E-state index is 12.3. The Morgan fingerprint density at radius 1 is 1.39 bits per heavy atom. The third kappa shape index (κ3) is 3.53. The molecule has 0 fully saturated rings. The average Bonchev–Trinajstić information content (AvgIpc) is 2.95. The van der Waals surface area contributed by atoms with Crippen molar-refractivity contribution in [3.05, 3.63) is 44.4 Å². The molecule has 0 bridgehead atoms. The first-order valence-corrected chi connectivity index (χ1v) is 7.97. The molecule has 2 aromatic rings. The Labute approximate surface area is 137 Å². The number of aromatic nitrogens is 2. The summed E-state index contributed by atoms with van der Waals surface area (Å²) in [6.07, 6.45) is 0.888. The molecule has 122 valence electrons. The molecule has 23 heavy (non-hydrogen) atoms. The lowest BCUT2D eigenvalue weighted by atomic mass is 9.91. The van der Waals surface area contributed by atoms with Crippen molar-refractivity contribution in [2.45, 2.75) is 39.5 Å². The van der Waals surface area contributed by atoms with Crippen molar-refractivity contribution in [3.63, 3.8) is 0 Å². The van der Waals surface area contributed by atoms with Gasteiger partial charge in [0.1, 0.15) is 10.6 Å². The van der Waals surface area contributed by atoms with Gasteiger partial charge in [0, 0.05) is 11.0 Å². The van der Waals surface area contributed by atoms with E-state index in [0.29, 0.717) is 10.7 Å². The molecule has 0 aliphatic heterocycles. The van der Waals surface area contributed by atoms with Gasteiger partial charge in [-0.05, 0) is 19.4 Å². The highest BCUT2D eigenvalue weighted by Gasteiger charge is 2.26. The standard InChI is InChI=1S/C15H18N4O3S/c1-5-15(3,4)13-17-18-14(23-13)16-12(20)10-8-6-7-9(2)11(10)19(21)22/h6-8H,5H2,1-4H3,(H,16,18,20). The molecule has 1 amide bonds. The quantitative estimate of drug-likeness (QED) is 0.664. The molecule has 1 aromatic carbocycles. The summed E-state index contributed by atoms with van der Waals surface area (Å²) < 4.78 is 0. The number of rotatable bonds is 5. The predicted octanol–water partition coefficient (Wildman–Crippen LogP) is 3.69. The number of anilines is 1. The largest absolute Gasteiger partial charge is 0.296 e. The van der Waals surface area contributed by atoms with E-state index in [1.54, 1.807) is 19.1 Å². The second-order valence-corrected chi connectivity index (χ2v) is 6.81. The van der Waals surface area contributed by atoms with E-state index in [1.807, 2.05) is 13.8 Å². The van der Waals surface area contributed by atoms with Gasteiger partial charge in [0.25, 0.3) is 11.6 Å². The molecular formula is C15H18N4O3S. The van der Waals surface area contributed by atoms with Crippen molar-refractivity contribution in [1.29, 1.82) is 0 Å². The summed E-state index contributed by atoms with van der Waals surface area (Å²) in [5.74, 6) is -0.558. The van der Waals surface area contributed by atoms with Crippen LogP contribution in [0.25, 0.3) is 0 Å². The Morgan fingerprint density at radius 3 is 2.70 bits per heavy atom. The number of hydrogen-bond acceptors (Lipinski definition) is 6. The van der Waals surface area contributed by atoms with Gasteiger partial charge in [0.15, 0.2) is 0 Å². The summed E-state index contributed by atoms with van der Waals surface area (Å²) in [5, 5.41) is 23.0. The molecule has 1 N–H and O–H groups in total. The summed E-state index contributed by atoms with van der Waals surface area (Å²) in [7, 11) is 0. The van der Waals surface area contributed by atoms with Gasteiger partial charge in [-0.25, -0.2) is 0 Å². The lowest BCUT2D eigenvalue weighted by molar-refractivity contribution is -0.385. The number of aryl methyl sites for hydroxylation is 1. The van der Waals surface area contributed by atoms with Gasteiger partial charge in [-0.2, -0.15) is 0 Å². The highest BCUT2D eigenvalue weighted by Crippen LogP contribution is 2.31. The minimum atomic E-state index is -0.558. The smallest absolute Gasteiger partial charge is 0.285 e. The Morgan fingerprint density at radius 2 is 2.09 bits per heavy atom. The van der Waals surface area contributed by atoms with E-state index in [9.17, 15) is 14.9 Å². The third-order valence-corrected chi connectivity index (χ3v) is 4.98. The van der Waals surface area contributed by atoms with Gasteiger partial charge in [0.05, 0.1) is 4.92 Å². The normalized spacial score (nSPS) is 11.3. The van der Waals surface area contributed by atoms with Crippen LogP contribution in [0.15, 0.2) is 18.2 Å². The summed E-state index contributed by atoms with van der Waals surface area (Å²) in [4.78, 5) is 23.0. The summed E-state index contributed by atoms with van der Waals surface area (Å²) in [6, 6.07) is 4.64. The number of nitro benzene ring substituents is 1. The zero-order valence-electron chi connectivity index (χ0n) is 13.4. The van der Waals surface area contributed by atoms with Gasteiger partial charge in [-0.3, -0.25) is 20.2 Å². The molecule has 8 heteroatoms. The van der Waals surface area contributed by atoms with Crippen molar-refractivity contribution in [3.8, 4) is 0 Å². The van der Waals surface area contributed by atoms with E-state index < -0.39 is 10.8 Å². The van der Waals surface area contributed by atoms with Gasteiger partial charge in [0.2, 0.25) is 5.13 Å². The molecule has 1 heterocycles. The minimum Gasteiger partial charge on any atom is -0.296 e. The Kier molecular flexibility index (Phi) is 4.74. The first-order valence-electron chi connectivity index (χ1n) is 7.15. The Balaban J connectivity index is 2.27. The SMILES string of the molecule is CCC(C)(C)c1nnc(NC(=O)c2cccc(C)c2[N+](=O)[O-])s1. The van der Waals surface area contributed by atoms with Crippen LogP contribution < -0.4 is 5.32 Å². The van der Waals surface area contributed by atoms with Crippen LogP contribution in [0, 0.1) is 17.0 Å². The molecule has 0 radical (unpaired) electrons. The number of carbonyl (C=O) groups is 1. The fourth-order valence-electron chi connectivity index (χ4n) is 1.95. The number of amides is 1. The maximum Gasteiger partial charge on any atom is 0.285 e. The van der Waals surface area contributed by atoms with E-state index in [0.717, 1.165) is 11.4 Å². The monoisotopic (exact) mass is 334 g/mol. The van der Waals surface area contributed by atoms with Crippen LogP contribution in [0.1, 0.15) is 48.1 Å². The van der Waals surface area contributed by atoms with Crippen molar-refractivity contribution in [1.82, 2.24) is 10.2 Å². The third-order valence-electron chi connectivity index (χ3n) is 3.77. The van der Waals surface area contributed by atoms with Gasteiger partial charge >= 0.3 is 0 Å². The topological polar surface area (TPSA) is 98.0 Å². The molecule has 0 aliphatic rings. The number of para-hydroxylation sites is 1. The molecule has 0 aliphatic carbocycles. The first kappa shape index (κ1) is 17.0. The molecule has 0 saturated heterocycles. The minimum absolute atomic E-state index is 0.0153. The fraction of sp³-hybridized carbons (Fsp3) is 0.400. The number of nitro groups is 1. The van der Waals surface area contributed by atoms with Crippen LogP contribution in [0.2, 0.25) is 0 Å². The van der Waals surface area contributed by atoms with E-state index in [-0.39, 0.29) is 16.7 Å². The van der Waals surface area contributed by atoms with Crippen molar-refractivity contribution in [2.24, 2.45) is 0 Å². The molecule has 0 saturated carbocycles. The van der Waals surface area contributed by atoms with Crippen LogP contribution in [0.5, 0.6) is 0 Å². The number of nitrogens with zero attached hydrogens (tertiary/aromatic N) is 3. The molecule has 7 nitrogen and oxygen atoms in total. The maximum absolute atomic E-state index is 12.3. The molecule has 0 unspecified atom stereocenters. The van der Waals surface area contributed by atoms with Crippen LogP contribution in [-0.4, -0.2) is 21.0 Å². The number of nitrogens with one attached hydrogen (secondary N) is 1. The lowest BCUT2D eigenvalue weighted by Gasteiger charge is -2.17. The summed E-state index contributed by atoms with van der Waals surface area (Å²) in [5.41, 5.74) is 0.133. The number of carbonyl (C=O) groups excluding carboxylic acids is 1. The second kappa shape index (κ2) is 6.41.